The van der Waals surface area contributed by atoms with E-state index in [1.807, 2.05) is 44.2 Å². The second kappa shape index (κ2) is 10.3. The molecule has 0 heterocycles. The summed E-state index contributed by atoms with van der Waals surface area (Å²) < 4.78 is 5.15. The summed E-state index contributed by atoms with van der Waals surface area (Å²) in [7, 11) is 0. The van der Waals surface area contributed by atoms with E-state index in [-0.39, 0.29) is 12.5 Å². The first-order valence-corrected chi connectivity index (χ1v) is 8.40. The van der Waals surface area contributed by atoms with Crippen LogP contribution < -0.4 is 16.4 Å². The lowest BCUT2D eigenvalue weighted by molar-refractivity contribution is -0.128. The minimum Gasteiger partial charge on any atom is -0.445 e. The molecule has 138 valence electrons. The van der Waals surface area contributed by atoms with Gasteiger partial charge < -0.3 is 21.1 Å². The first-order valence-electron chi connectivity index (χ1n) is 8.40. The SMILES string of the molecule is CC[C@H](NC(=O)[C@H](CC(C)C)NC(=O)OCc1ccccc1)C(N)=O. The van der Waals surface area contributed by atoms with Crippen molar-refractivity contribution in [2.45, 2.75) is 52.3 Å². The molecule has 25 heavy (non-hydrogen) atoms. The normalized spacial score (nSPS) is 13.0. The molecule has 0 saturated carbocycles. The maximum Gasteiger partial charge on any atom is 0.408 e. The smallest absolute Gasteiger partial charge is 0.408 e. The predicted molar refractivity (Wildman–Crippen MR) is 94.4 cm³/mol. The van der Waals surface area contributed by atoms with Gasteiger partial charge >= 0.3 is 6.09 Å². The van der Waals surface area contributed by atoms with Crippen molar-refractivity contribution in [1.29, 1.82) is 0 Å². The Hall–Kier alpha value is -2.57. The van der Waals surface area contributed by atoms with Crippen LogP contribution in [0.25, 0.3) is 0 Å². The molecule has 0 bridgehead atoms. The Labute approximate surface area is 148 Å². The number of primary amides is 1. The van der Waals surface area contributed by atoms with Crippen LogP contribution in [0.15, 0.2) is 30.3 Å². The van der Waals surface area contributed by atoms with E-state index < -0.39 is 30.0 Å². The van der Waals surface area contributed by atoms with Crippen LogP contribution in [0.1, 0.15) is 39.2 Å². The van der Waals surface area contributed by atoms with Gasteiger partial charge in [0.25, 0.3) is 0 Å². The van der Waals surface area contributed by atoms with Crippen molar-refractivity contribution in [2.24, 2.45) is 11.7 Å². The van der Waals surface area contributed by atoms with Gasteiger partial charge in [-0.2, -0.15) is 0 Å². The lowest BCUT2D eigenvalue weighted by Gasteiger charge is -2.22. The monoisotopic (exact) mass is 349 g/mol. The molecular weight excluding hydrogens is 322 g/mol. The summed E-state index contributed by atoms with van der Waals surface area (Å²) >= 11 is 0. The minimum absolute atomic E-state index is 0.113. The van der Waals surface area contributed by atoms with Crippen molar-refractivity contribution in [3.63, 3.8) is 0 Å². The van der Waals surface area contributed by atoms with Crippen LogP contribution in [-0.4, -0.2) is 30.0 Å². The van der Waals surface area contributed by atoms with Crippen LogP contribution >= 0.6 is 0 Å². The largest absolute Gasteiger partial charge is 0.445 e. The number of nitrogens with one attached hydrogen (secondary N) is 2. The molecule has 0 aliphatic rings. The van der Waals surface area contributed by atoms with Gasteiger partial charge in [0.05, 0.1) is 0 Å². The highest BCUT2D eigenvalue weighted by Gasteiger charge is 2.26. The van der Waals surface area contributed by atoms with E-state index in [0.29, 0.717) is 12.8 Å². The number of amides is 3. The van der Waals surface area contributed by atoms with E-state index in [2.05, 4.69) is 10.6 Å². The van der Waals surface area contributed by atoms with Crippen LogP contribution in [0.3, 0.4) is 0 Å². The molecule has 1 rings (SSSR count). The Balaban J connectivity index is 2.63. The average molecular weight is 349 g/mol. The molecule has 3 amide bonds. The maximum atomic E-state index is 12.4. The van der Waals surface area contributed by atoms with Gasteiger partial charge in [-0.1, -0.05) is 51.1 Å². The number of ether oxygens (including phenoxy) is 1. The van der Waals surface area contributed by atoms with Crippen molar-refractivity contribution in [2.75, 3.05) is 0 Å². The van der Waals surface area contributed by atoms with Gasteiger partial charge in [0.15, 0.2) is 0 Å². The van der Waals surface area contributed by atoms with Crippen molar-refractivity contribution >= 4 is 17.9 Å². The number of benzene rings is 1. The van der Waals surface area contributed by atoms with Gasteiger partial charge in [0.2, 0.25) is 11.8 Å². The molecule has 1 aromatic carbocycles. The van der Waals surface area contributed by atoms with Gasteiger partial charge in [-0.15, -0.1) is 0 Å². The number of hydrogen-bond donors (Lipinski definition) is 3. The summed E-state index contributed by atoms with van der Waals surface area (Å²) in [4.78, 5) is 35.7. The number of hydrogen-bond acceptors (Lipinski definition) is 4. The highest BCUT2D eigenvalue weighted by Crippen LogP contribution is 2.07. The summed E-state index contributed by atoms with van der Waals surface area (Å²) in [5, 5.41) is 5.13. The van der Waals surface area contributed by atoms with E-state index >= 15 is 0 Å². The summed E-state index contributed by atoms with van der Waals surface area (Å²) in [5.74, 6) is -0.888. The van der Waals surface area contributed by atoms with Gasteiger partial charge in [-0.05, 0) is 24.3 Å². The predicted octanol–water partition coefficient (Wildman–Crippen LogP) is 1.71. The molecule has 0 fully saturated rings. The van der Waals surface area contributed by atoms with E-state index in [4.69, 9.17) is 10.5 Å². The Kier molecular flexibility index (Phi) is 8.46. The lowest BCUT2D eigenvalue weighted by atomic mass is 10.0. The maximum absolute atomic E-state index is 12.4. The Morgan fingerprint density at radius 1 is 1.08 bits per heavy atom. The first kappa shape index (κ1) is 20.5. The van der Waals surface area contributed by atoms with Crippen molar-refractivity contribution in [3.05, 3.63) is 35.9 Å². The molecule has 0 unspecified atom stereocenters. The third-order valence-electron chi connectivity index (χ3n) is 3.60. The summed E-state index contributed by atoms with van der Waals surface area (Å²) in [5.41, 5.74) is 6.09. The highest BCUT2D eigenvalue weighted by molar-refractivity contribution is 5.90. The Morgan fingerprint density at radius 3 is 2.24 bits per heavy atom. The zero-order chi connectivity index (χ0) is 18.8. The average Bonchev–Trinajstić information content (AvgIpc) is 2.57. The fourth-order valence-corrected chi connectivity index (χ4v) is 2.26. The molecule has 0 radical (unpaired) electrons. The molecule has 2 atom stereocenters. The van der Waals surface area contributed by atoms with Gasteiger partial charge in [-0.3, -0.25) is 9.59 Å². The molecule has 0 aliphatic heterocycles. The molecular formula is C18H27N3O4. The van der Waals surface area contributed by atoms with Gasteiger partial charge in [0, 0.05) is 0 Å². The molecule has 4 N–H and O–H groups in total. The molecule has 7 heteroatoms. The fourth-order valence-electron chi connectivity index (χ4n) is 2.26. The molecule has 0 spiro atoms. The number of alkyl carbamates (subject to hydrolysis) is 1. The second-order valence-electron chi connectivity index (χ2n) is 6.26. The van der Waals surface area contributed by atoms with E-state index in [1.54, 1.807) is 6.92 Å². The number of carbonyl (C=O) groups excluding carboxylic acids is 3. The van der Waals surface area contributed by atoms with Crippen LogP contribution in [0.4, 0.5) is 4.79 Å². The number of rotatable bonds is 9. The van der Waals surface area contributed by atoms with E-state index in [1.165, 1.54) is 0 Å². The first-order chi connectivity index (χ1) is 11.8. The molecule has 7 nitrogen and oxygen atoms in total. The highest BCUT2D eigenvalue weighted by atomic mass is 16.5. The van der Waals surface area contributed by atoms with Crippen molar-refractivity contribution in [1.82, 2.24) is 10.6 Å². The van der Waals surface area contributed by atoms with Crippen LogP contribution in [0.5, 0.6) is 0 Å². The molecule has 0 aliphatic carbocycles. The van der Waals surface area contributed by atoms with Crippen LogP contribution in [-0.2, 0) is 20.9 Å². The second-order valence-corrected chi connectivity index (χ2v) is 6.26. The van der Waals surface area contributed by atoms with Crippen molar-refractivity contribution in [3.8, 4) is 0 Å². The van der Waals surface area contributed by atoms with Gasteiger partial charge in [-0.25, -0.2) is 4.79 Å². The number of carbonyl (C=O) groups is 3. The van der Waals surface area contributed by atoms with E-state index in [9.17, 15) is 14.4 Å². The van der Waals surface area contributed by atoms with Crippen molar-refractivity contribution < 1.29 is 19.1 Å². The Morgan fingerprint density at radius 2 is 1.72 bits per heavy atom. The summed E-state index contributed by atoms with van der Waals surface area (Å²) in [6.07, 6.45) is 0.117. The standard InChI is InChI=1S/C18H27N3O4/c1-4-14(16(19)22)20-17(23)15(10-12(2)3)21-18(24)25-11-13-8-6-5-7-9-13/h5-9,12,14-15H,4,10-11H2,1-3H3,(H2,19,22)(H,20,23)(H,21,24)/t14-,15-/m0/s1. The summed E-state index contributed by atoms with van der Waals surface area (Å²) in [6.45, 7) is 5.72. The zero-order valence-corrected chi connectivity index (χ0v) is 15.0. The lowest BCUT2D eigenvalue weighted by Crippen LogP contribution is -2.53. The Bertz CT molecular complexity index is 575. The van der Waals surface area contributed by atoms with Crippen LogP contribution in [0.2, 0.25) is 0 Å². The summed E-state index contributed by atoms with van der Waals surface area (Å²) in [6, 6.07) is 7.69. The van der Waals surface area contributed by atoms with E-state index in [0.717, 1.165) is 5.56 Å². The quantitative estimate of drug-likeness (QED) is 0.630. The molecule has 0 saturated heterocycles. The fraction of sp³-hybridized carbons (Fsp3) is 0.500. The van der Waals surface area contributed by atoms with Crippen LogP contribution in [0, 0.1) is 5.92 Å². The third kappa shape index (κ3) is 7.69. The molecule has 0 aromatic heterocycles. The molecule has 1 aromatic rings. The topological polar surface area (TPSA) is 111 Å². The van der Waals surface area contributed by atoms with Gasteiger partial charge in [0.1, 0.15) is 18.7 Å². The zero-order valence-electron chi connectivity index (χ0n) is 15.0. The minimum atomic E-state index is -0.795. The third-order valence-corrected chi connectivity index (χ3v) is 3.60. The number of nitrogens with two attached hydrogens (primary N) is 1.